The van der Waals surface area contributed by atoms with Crippen molar-refractivity contribution in [2.75, 3.05) is 13.7 Å². The lowest BCUT2D eigenvalue weighted by molar-refractivity contribution is -0.148. The van der Waals surface area contributed by atoms with Crippen molar-refractivity contribution in [3.05, 3.63) is 35.4 Å². The highest BCUT2D eigenvalue weighted by Crippen LogP contribution is 2.30. The molecule has 4 nitrogen and oxygen atoms in total. The molecule has 6 heteroatoms. The van der Waals surface area contributed by atoms with E-state index in [-0.39, 0.29) is 23.4 Å². The standard InChI is InChI=1S/C16H19F2NO3/c1-22-16(21)12-5-3-2-4-11(12)9-19-15(20)10-6-7-13(17)14(18)8-10/h6-8,11-12H,2-5,9H2,1H3,(H,19,20). The highest BCUT2D eigenvalue weighted by Gasteiger charge is 2.31. The molecule has 1 saturated carbocycles. The number of hydrogen-bond donors (Lipinski definition) is 1. The van der Waals surface area contributed by atoms with Crippen LogP contribution in [0, 0.1) is 23.5 Å². The Kier molecular flexibility index (Phi) is 5.46. The van der Waals surface area contributed by atoms with Gasteiger partial charge in [0.1, 0.15) is 0 Å². The molecule has 0 radical (unpaired) electrons. The molecule has 0 aromatic heterocycles. The van der Waals surface area contributed by atoms with E-state index in [2.05, 4.69) is 5.32 Å². The van der Waals surface area contributed by atoms with Crippen LogP contribution in [0.25, 0.3) is 0 Å². The number of carbonyl (C=O) groups excluding carboxylic acids is 2. The largest absolute Gasteiger partial charge is 0.469 e. The minimum absolute atomic E-state index is 0.00967. The van der Waals surface area contributed by atoms with Crippen LogP contribution in [-0.4, -0.2) is 25.5 Å². The molecule has 1 aliphatic carbocycles. The molecule has 0 saturated heterocycles. The molecule has 2 rings (SSSR count). The highest BCUT2D eigenvalue weighted by molar-refractivity contribution is 5.94. The summed E-state index contributed by atoms with van der Waals surface area (Å²) in [6.07, 6.45) is 3.54. The third-order valence-corrected chi connectivity index (χ3v) is 4.12. The lowest BCUT2D eigenvalue weighted by Crippen LogP contribution is -2.37. The van der Waals surface area contributed by atoms with Gasteiger partial charge in [-0.15, -0.1) is 0 Å². The first kappa shape index (κ1) is 16.4. The van der Waals surface area contributed by atoms with Crippen molar-refractivity contribution in [1.82, 2.24) is 5.32 Å². The van der Waals surface area contributed by atoms with E-state index in [0.717, 1.165) is 37.8 Å². The van der Waals surface area contributed by atoms with Gasteiger partial charge in [-0.25, -0.2) is 8.78 Å². The molecule has 1 fully saturated rings. The Hall–Kier alpha value is -1.98. The predicted octanol–water partition coefficient (Wildman–Crippen LogP) is 2.67. The molecule has 1 aromatic rings. The number of carbonyl (C=O) groups is 2. The summed E-state index contributed by atoms with van der Waals surface area (Å²) < 4.78 is 30.8. The Labute approximate surface area is 127 Å². The van der Waals surface area contributed by atoms with Gasteiger partial charge in [0.25, 0.3) is 5.91 Å². The summed E-state index contributed by atoms with van der Waals surface area (Å²) in [5.74, 6) is -2.99. The maximum atomic E-state index is 13.1. The Balaban J connectivity index is 1.96. The molecule has 0 heterocycles. The van der Waals surface area contributed by atoms with Gasteiger partial charge < -0.3 is 10.1 Å². The minimum atomic E-state index is -1.06. The molecule has 1 aromatic carbocycles. The first-order valence-electron chi connectivity index (χ1n) is 7.34. The van der Waals surface area contributed by atoms with E-state index in [4.69, 9.17) is 4.74 Å². The average molecular weight is 311 g/mol. The summed E-state index contributed by atoms with van der Waals surface area (Å²) in [6, 6.07) is 3.01. The molecule has 1 N–H and O–H groups in total. The SMILES string of the molecule is COC(=O)C1CCCCC1CNC(=O)c1ccc(F)c(F)c1. The lowest BCUT2D eigenvalue weighted by Gasteiger charge is -2.29. The zero-order valence-corrected chi connectivity index (χ0v) is 12.4. The molecule has 2 unspecified atom stereocenters. The van der Waals surface area contributed by atoms with Crippen molar-refractivity contribution < 1.29 is 23.1 Å². The number of ether oxygens (including phenoxy) is 1. The second kappa shape index (κ2) is 7.33. The van der Waals surface area contributed by atoms with Crippen LogP contribution >= 0.6 is 0 Å². The number of methoxy groups -OCH3 is 1. The number of hydrogen-bond acceptors (Lipinski definition) is 3. The number of halogens is 2. The zero-order valence-electron chi connectivity index (χ0n) is 12.4. The minimum Gasteiger partial charge on any atom is -0.469 e. The van der Waals surface area contributed by atoms with Crippen molar-refractivity contribution in [1.29, 1.82) is 0 Å². The molecule has 0 bridgehead atoms. The van der Waals surface area contributed by atoms with Crippen molar-refractivity contribution in [3.8, 4) is 0 Å². The molecule has 22 heavy (non-hydrogen) atoms. The first-order chi connectivity index (χ1) is 10.5. The molecule has 0 spiro atoms. The maximum absolute atomic E-state index is 13.1. The Morgan fingerprint density at radius 3 is 2.64 bits per heavy atom. The number of rotatable bonds is 4. The molecular formula is C16H19F2NO3. The number of esters is 1. The molecule has 120 valence electrons. The van der Waals surface area contributed by atoms with Crippen LogP contribution in [0.4, 0.5) is 8.78 Å². The van der Waals surface area contributed by atoms with Crippen LogP contribution in [0.1, 0.15) is 36.0 Å². The van der Waals surface area contributed by atoms with Gasteiger partial charge in [-0.1, -0.05) is 12.8 Å². The number of benzene rings is 1. The summed E-state index contributed by atoms with van der Waals surface area (Å²) in [5, 5.41) is 2.69. The lowest BCUT2D eigenvalue weighted by atomic mass is 9.79. The fourth-order valence-electron chi connectivity index (χ4n) is 2.88. The van der Waals surface area contributed by atoms with Crippen molar-refractivity contribution >= 4 is 11.9 Å². The van der Waals surface area contributed by atoms with Crippen LogP contribution in [0.15, 0.2) is 18.2 Å². The van der Waals surface area contributed by atoms with E-state index in [1.54, 1.807) is 0 Å². The second-order valence-corrected chi connectivity index (χ2v) is 5.51. The number of amides is 1. The fourth-order valence-corrected chi connectivity index (χ4v) is 2.88. The summed E-state index contributed by atoms with van der Waals surface area (Å²) >= 11 is 0. The summed E-state index contributed by atoms with van der Waals surface area (Å²) in [6.45, 7) is 0.317. The summed E-state index contributed by atoms with van der Waals surface area (Å²) in [7, 11) is 1.36. The van der Waals surface area contributed by atoms with Gasteiger partial charge >= 0.3 is 5.97 Å². The topological polar surface area (TPSA) is 55.4 Å². The van der Waals surface area contributed by atoms with Gasteiger partial charge in [0, 0.05) is 12.1 Å². The molecule has 1 aliphatic rings. The van der Waals surface area contributed by atoms with Crippen LogP contribution in [0.2, 0.25) is 0 Å². The Morgan fingerprint density at radius 2 is 1.95 bits per heavy atom. The quantitative estimate of drug-likeness (QED) is 0.870. The number of nitrogens with one attached hydrogen (secondary N) is 1. The zero-order chi connectivity index (χ0) is 16.1. The van der Waals surface area contributed by atoms with E-state index in [1.807, 2.05) is 0 Å². The smallest absolute Gasteiger partial charge is 0.309 e. The van der Waals surface area contributed by atoms with E-state index in [0.29, 0.717) is 6.54 Å². The van der Waals surface area contributed by atoms with Crippen LogP contribution < -0.4 is 5.32 Å². The summed E-state index contributed by atoms with van der Waals surface area (Å²) in [4.78, 5) is 23.7. The highest BCUT2D eigenvalue weighted by atomic mass is 19.2. The first-order valence-corrected chi connectivity index (χ1v) is 7.34. The normalized spacial score (nSPS) is 21.2. The Morgan fingerprint density at radius 1 is 1.23 bits per heavy atom. The van der Waals surface area contributed by atoms with Gasteiger partial charge in [0.15, 0.2) is 11.6 Å². The predicted molar refractivity (Wildman–Crippen MR) is 76.2 cm³/mol. The van der Waals surface area contributed by atoms with E-state index in [9.17, 15) is 18.4 Å². The summed E-state index contributed by atoms with van der Waals surface area (Å²) in [5.41, 5.74) is 0.0596. The van der Waals surface area contributed by atoms with E-state index < -0.39 is 17.5 Å². The maximum Gasteiger partial charge on any atom is 0.309 e. The fraction of sp³-hybridized carbons (Fsp3) is 0.500. The third kappa shape index (κ3) is 3.81. The molecule has 0 aliphatic heterocycles. The van der Waals surface area contributed by atoms with Gasteiger partial charge in [-0.05, 0) is 37.0 Å². The van der Waals surface area contributed by atoms with Crippen molar-refractivity contribution in [2.24, 2.45) is 11.8 Å². The van der Waals surface area contributed by atoms with E-state index >= 15 is 0 Å². The van der Waals surface area contributed by atoms with Gasteiger partial charge in [-0.3, -0.25) is 9.59 Å². The van der Waals surface area contributed by atoms with Gasteiger partial charge in [0.05, 0.1) is 13.0 Å². The van der Waals surface area contributed by atoms with Crippen LogP contribution in [0.3, 0.4) is 0 Å². The van der Waals surface area contributed by atoms with Gasteiger partial charge in [-0.2, -0.15) is 0 Å². The third-order valence-electron chi connectivity index (χ3n) is 4.12. The van der Waals surface area contributed by atoms with Crippen LogP contribution in [-0.2, 0) is 9.53 Å². The van der Waals surface area contributed by atoms with Gasteiger partial charge in [0.2, 0.25) is 0 Å². The molecule has 1 amide bonds. The Bertz CT molecular complexity index is 562. The molecular weight excluding hydrogens is 292 g/mol. The molecule has 2 atom stereocenters. The average Bonchev–Trinajstić information content (AvgIpc) is 2.54. The van der Waals surface area contributed by atoms with Crippen LogP contribution in [0.5, 0.6) is 0 Å². The monoisotopic (exact) mass is 311 g/mol. The second-order valence-electron chi connectivity index (χ2n) is 5.51. The van der Waals surface area contributed by atoms with E-state index in [1.165, 1.54) is 13.2 Å². The van der Waals surface area contributed by atoms with Crippen molar-refractivity contribution in [3.63, 3.8) is 0 Å². The van der Waals surface area contributed by atoms with Crippen molar-refractivity contribution in [2.45, 2.75) is 25.7 Å².